The first-order chi connectivity index (χ1) is 17.1. The Morgan fingerprint density at radius 1 is 1.03 bits per heavy atom. The molecular formula is C28H32FN2O3S+. The van der Waals surface area contributed by atoms with Crippen LogP contribution in [0, 0.1) is 11.7 Å². The average molecular weight is 496 g/mol. The molecule has 0 spiro atoms. The predicted octanol–water partition coefficient (Wildman–Crippen LogP) is 6.11. The van der Waals surface area contributed by atoms with Crippen molar-refractivity contribution in [2.24, 2.45) is 5.92 Å². The standard InChI is InChI=1S/C28H32FN2O3S/c29-25-11-4-5-12-26(25)30(20-24-10-6-19-35-24)28(32)34-27-21-31(16-13-22(27)14-17-31)15-7-18-33-23-8-2-1-3-9-23/h1-6,8-12,19,22,27H,7,13-18,20-21H2/q+1/t22?,27-,31?/m0/s1. The number of benzene rings is 2. The number of ether oxygens (including phenoxy) is 2. The van der Waals surface area contributed by atoms with Crippen LogP contribution < -0.4 is 9.64 Å². The summed E-state index contributed by atoms with van der Waals surface area (Å²) in [7, 11) is 0. The number of hydrogen-bond donors (Lipinski definition) is 0. The molecule has 0 saturated carbocycles. The number of fused-ring (bicyclic) bond motifs is 3. The number of carbonyl (C=O) groups is 1. The second-order valence-electron chi connectivity index (χ2n) is 9.59. The van der Waals surface area contributed by atoms with Gasteiger partial charge in [-0.1, -0.05) is 36.4 Å². The minimum atomic E-state index is -0.465. The molecular weight excluding hydrogens is 463 g/mol. The summed E-state index contributed by atoms with van der Waals surface area (Å²) >= 11 is 1.55. The number of halogens is 1. The van der Waals surface area contributed by atoms with E-state index < -0.39 is 11.9 Å². The fourth-order valence-corrected chi connectivity index (χ4v) is 6.14. The van der Waals surface area contributed by atoms with Crippen LogP contribution in [-0.4, -0.2) is 49.5 Å². The zero-order valence-electron chi connectivity index (χ0n) is 19.9. The number of para-hydroxylation sites is 2. The third-order valence-electron chi connectivity index (χ3n) is 7.34. The highest BCUT2D eigenvalue weighted by molar-refractivity contribution is 7.09. The smallest absolute Gasteiger partial charge is 0.415 e. The van der Waals surface area contributed by atoms with Crippen LogP contribution in [0.4, 0.5) is 14.9 Å². The highest BCUT2D eigenvalue weighted by Gasteiger charge is 2.47. The van der Waals surface area contributed by atoms with Crippen molar-refractivity contribution in [2.75, 3.05) is 37.7 Å². The van der Waals surface area contributed by atoms with Gasteiger partial charge in [0.15, 0.2) is 6.10 Å². The molecule has 184 valence electrons. The van der Waals surface area contributed by atoms with E-state index in [1.807, 2.05) is 47.8 Å². The molecule has 2 bridgehead atoms. The van der Waals surface area contributed by atoms with Crippen LogP contribution in [0.25, 0.3) is 0 Å². The summed E-state index contributed by atoms with van der Waals surface area (Å²) in [6, 6.07) is 20.2. The van der Waals surface area contributed by atoms with Crippen LogP contribution in [0.1, 0.15) is 24.1 Å². The van der Waals surface area contributed by atoms with E-state index in [2.05, 4.69) is 0 Å². The van der Waals surface area contributed by atoms with Crippen LogP contribution in [0.2, 0.25) is 0 Å². The number of nitrogens with zero attached hydrogens (tertiary/aromatic N) is 2. The molecule has 3 aliphatic heterocycles. The highest BCUT2D eigenvalue weighted by Crippen LogP contribution is 2.36. The Bertz CT molecular complexity index is 1100. The van der Waals surface area contributed by atoms with Gasteiger partial charge in [0, 0.05) is 30.1 Å². The van der Waals surface area contributed by atoms with Gasteiger partial charge in [-0.25, -0.2) is 9.18 Å². The van der Waals surface area contributed by atoms with Gasteiger partial charge in [-0.15, -0.1) is 11.3 Å². The normalized spacial score (nSPS) is 23.1. The lowest BCUT2D eigenvalue weighted by Crippen LogP contribution is -2.65. The van der Waals surface area contributed by atoms with Crippen LogP contribution >= 0.6 is 11.3 Å². The fraction of sp³-hybridized carbons (Fsp3) is 0.393. The number of carbonyl (C=O) groups excluding carboxylic acids is 1. The molecule has 0 N–H and O–H groups in total. The Labute approximate surface area is 210 Å². The molecule has 5 nitrogen and oxygen atoms in total. The Morgan fingerprint density at radius 2 is 1.80 bits per heavy atom. The van der Waals surface area contributed by atoms with E-state index in [-0.39, 0.29) is 11.8 Å². The van der Waals surface area contributed by atoms with Gasteiger partial charge in [-0.3, -0.25) is 4.90 Å². The average Bonchev–Trinajstić information content (AvgIpc) is 3.40. The van der Waals surface area contributed by atoms with Crippen molar-refractivity contribution in [3.63, 3.8) is 0 Å². The topological polar surface area (TPSA) is 38.8 Å². The van der Waals surface area contributed by atoms with Crippen molar-refractivity contribution in [1.29, 1.82) is 0 Å². The molecule has 0 unspecified atom stereocenters. The van der Waals surface area contributed by atoms with Crippen molar-refractivity contribution < 1.29 is 23.1 Å². The monoisotopic (exact) mass is 495 g/mol. The summed E-state index contributed by atoms with van der Waals surface area (Å²) in [5, 5.41) is 1.96. The van der Waals surface area contributed by atoms with Gasteiger partial charge in [0.2, 0.25) is 0 Å². The zero-order valence-corrected chi connectivity index (χ0v) is 20.7. The molecule has 2 aromatic carbocycles. The van der Waals surface area contributed by atoms with Crippen molar-refractivity contribution in [2.45, 2.75) is 31.9 Å². The van der Waals surface area contributed by atoms with Crippen molar-refractivity contribution in [1.82, 2.24) is 0 Å². The van der Waals surface area contributed by atoms with E-state index >= 15 is 0 Å². The SMILES string of the molecule is O=C(O[C@H]1C[N+]2(CCCOc3ccccc3)CCC1CC2)N(Cc1cccs1)c1ccccc1F. The van der Waals surface area contributed by atoms with Crippen LogP contribution in [0.3, 0.4) is 0 Å². The summed E-state index contributed by atoms with van der Waals surface area (Å²) in [6.07, 6.45) is 2.47. The van der Waals surface area contributed by atoms with E-state index in [4.69, 9.17) is 9.47 Å². The first-order valence-electron chi connectivity index (χ1n) is 12.4. The molecule has 3 aromatic rings. The number of anilines is 1. The molecule has 4 heterocycles. The quantitative estimate of drug-likeness (QED) is 0.266. The second kappa shape index (κ2) is 10.8. The van der Waals surface area contributed by atoms with Crippen molar-refractivity contribution >= 4 is 23.1 Å². The van der Waals surface area contributed by atoms with Crippen LogP contribution in [-0.2, 0) is 11.3 Å². The van der Waals surface area contributed by atoms with Crippen LogP contribution in [0.15, 0.2) is 72.1 Å². The molecule has 3 aliphatic rings. The number of thiophene rings is 1. The third kappa shape index (κ3) is 5.68. The van der Waals surface area contributed by atoms with E-state index in [1.54, 1.807) is 29.5 Å². The molecule has 6 rings (SSSR count). The lowest BCUT2D eigenvalue weighted by molar-refractivity contribution is -0.946. The molecule has 0 radical (unpaired) electrons. The molecule has 7 heteroatoms. The van der Waals surface area contributed by atoms with Crippen LogP contribution in [0.5, 0.6) is 5.75 Å². The molecule has 1 atom stereocenters. The van der Waals surface area contributed by atoms with E-state index in [1.165, 1.54) is 11.0 Å². The zero-order chi connectivity index (χ0) is 24.1. The number of quaternary nitrogens is 1. The molecule has 1 amide bonds. The highest BCUT2D eigenvalue weighted by atomic mass is 32.1. The van der Waals surface area contributed by atoms with E-state index in [0.29, 0.717) is 19.1 Å². The van der Waals surface area contributed by atoms with E-state index in [0.717, 1.165) is 60.6 Å². The summed E-state index contributed by atoms with van der Waals surface area (Å²) < 4.78 is 27.6. The molecule has 35 heavy (non-hydrogen) atoms. The maximum atomic E-state index is 14.7. The number of hydrogen-bond acceptors (Lipinski definition) is 4. The van der Waals surface area contributed by atoms with Gasteiger partial charge in [0.1, 0.15) is 18.1 Å². The minimum absolute atomic E-state index is 0.141. The Hall–Kier alpha value is -2.90. The number of amides is 1. The Kier molecular flexibility index (Phi) is 7.35. The van der Waals surface area contributed by atoms with Gasteiger partial charge >= 0.3 is 6.09 Å². The first kappa shape index (κ1) is 23.8. The van der Waals surface area contributed by atoms with Gasteiger partial charge in [0.05, 0.1) is 38.5 Å². The van der Waals surface area contributed by atoms with Gasteiger partial charge in [-0.05, 0) is 35.7 Å². The number of piperidine rings is 3. The summed E-state index contributed by atoms with van der Waals surface area (Å²) in [4.78, 5) is 15.8. The molecule has 3 saturated heterocycles. The minimum Gasteiger partial charge on any atom is -0.493 e. The Morgan fingerprint density at radius 3 is 2.54 bits per heavy atom. The van der Waals surface area contributed by atoms with Crippen molar-refractivity contribution in [3.8, 4) is 5.75 Å². The van der Waals surface area contributed by atoms with E-state index in [9.17, 15) is 9.18 Å². The van der Waals surface area contributed by atoms with Crippen molar-refractivity contribution in [3.05, 3.63) is 82.8 Å². The Balaban J connectivity index is 1.22. The number of rotatable bonds is 9. The first-order valence-corrected chi connectivity index (χ1v) is 13.3. The lowest BCUT2D eigenvalue weighted by Gasteiger charge is -2.52. The second-order valence-corrected chi connectivity index (χ2v) is 10.6. The maximum Gasteiger partial charge on any atom is 0.415 e. The van der Waals surface area contributed by atoms with Gasteiger partial charge < -0.3 is 14.0 Å². The summed E-state index contributed by atoms with van der Waals surface area (Å²) in [5.74, 6) is 0.858. The maximum absolute atomic E-state index is 14.7. The largest absolute Gasteiger partial charge is 0.493 e. The van der Waals surface area contributed by atoms with Gasteiger partial charge in [0.25, 0.3) is 0 Å². The molecule has 1 aromatic heterocycles. The predicted molar refractivity (Wildman–Crippen MR) is 136 cm³/mol. The molecule has 0 aliphatic carbocycles. The molecule has 3 fully saturated rings. The summed E-state index contributed by atoms with van der Waals surface area (Å²) in [5.41, 5.74) is 0.258. The lowest BCUT2D eigenvalue weighted by atomic mass is 9.83. The van der Waals surface area contributed by atoms with Gasteiger partial charge in [-0.2, -0.15) is 0 Å². The third-order valence-corrected chi connectivity index (χ3v) is 8.20. The summed E-state index contributed by atoms with van der Waals surface area (Å²) in [6.45, 7) is 5.06. The fourth-order valence-electron chi connectivity index (χ4n) is 5.45.